The maximum Gasteiger partial charge on any atom is 0.203 e. The predicted octanol–water partition coefficient (Wildman–Crippen LogP) is 3.88. The van der Waals surface area contributed by atoms with Crippen molar-refractivity contribution in [3.05, 3.63) is 66.0 Å². The second-order valence-electron chi connectivity index (χ2n) is 7.25. The minimum absolute atomic E-state index is 0.762. The van der Waals surface area contributed by atoms with E-state index in [4.69, 9.17) is 10.2 Å². The van der Waals surface area contributed by atoms with Crippen molar-refractivity contribution in [3.63, 3.8) is 0 Å². The Kier molecular flexibility index (Phi) is 4.11. The third-order valence-electron chi connectivity index (χ3n) is 4.92. The molecule has 0 bridgehead atoms. The van der Waals surface area contributed by atoms with Gasteiger partial charge in [-0.3, -0.25) is 0 Å². The van der Waals surface area contributed by atoms with E-state index in [0.29, 0.717) is 0 Å². The highest BCUT2D eigenvalue weighted by Gasteiger charge is 2.18. The summed E-state index contributed by atoms with van der Waals surface area (Å²) in [5.74, 6) is 0.872. The van der Waals surface area contributed by atoms with Crippen molar-refractivity contribution < 1.29 is 4.42 Å². The van der Waals surface area contributed by atoms with Crippen LogP contribution in [0, 0.1) is 0 Å². The van der Waals surface area contributed by atoms with Gasteiger partial charge >= 0.3 is 0 Å². The van der Waals surface area contributed by atoms with Gasteiger partial charge in [0.2, 0.25) is 5.36 Å². The van der Waals surface area contributed by atoms with E-state index in [1.165, 1.54) is 5.56 Å². The van der Waals surface area contributed by atoms with Crippen LogP contribution < -0.4 is 20.6 Å². The van der Waals surface area contributed by atoms with Crippen LogP contribution in [0.3, 0.4) is 0 Å². The van der Waals surface area contributed by atoms with Gasteiger partial charge in [-0.25, -0.2) is 4.58 Å². The third kappa shape index (κ3) is 3.04. The van der Waals surface area contributed by atoms with Crippen LogP contribution in [0.1, 0.15) is 0 Å². The van der Waals surface area contributed by atoms with E-state index in [9.17, 15) is 0 Å². The first kappa shape index (κ1) is 17.2. The van der Waals surface area contributed by atoms with E-state index < -0.39 is 0 Å². The fourth-order valence-electron chi connectivity index (χ4n) is 3.38. The van der Waals surface area contributed by atoms with E-state index in [2.05, 4.69) is 58.0 Å². The molecule has 1 heterocycles. The molecule has 0 saturated heterocycles. The molecule has 0 saturated carbocycles. The summed E-state index contributed by atoms with van der Waals surface area (Å²) < 4.78 is 8.42. The molecule has 0 radical (unpaired) electrons. The SMILES string of the molecule is CN(C)c1ccc2c(-c3ccc(N)cc3)c3ccc(=[N+](C)C)cc-3oc2c1. The van der Waals surface area contributed by atoms with Gasteiger partial charge in [0, 0.05) is 54.1 Å². The van der Waals surface area contributed by atoms with Crippen molar-refractivity contribution in [1.29, 1.82) is 0 Å². The molecular formula is C23H24N3O+. The average Bonchev–Trinajstić information content (AvgIpc) is 2.66. The summed E-state index contributed by atoms with van der Waals surface area (Å²) in [5, 5.41) is 2.20. The molecule has 0 fully saturated rings. The zero-order chi connectivity index (χ0) is 19.1. The fraction of sp³-hybridized carbons (Fsp3) is 0.174. The van der Waals surface area contributed by atoms with Crippen molar-refractivity contribution in [3.8, 4) is 22.5 Å². The van der Waals surface area contributed by atoms with Gasteiger partial charge in [0.25, 0.3) is 0 Å². The van der Waals surface area contributed by atoms with Crippen LogP contribution in [0.25, 0.3) is 33.4 Å². The van der Waals surface area contributed by atoms with Crippen molar-refractivity contribution in [1.82, 2.24) is 4.58 Å². The Morgan fingerprint density at radius 3 is 2.30 bits per heavy atom. The highest BCUT2D eigenvalue weighted by atomic mass is 16.3. The molecule has 4 nitrogen and oxygen atoms in total. The highest BCUT2D eigenvalue weighted by Crippen LogP contribution is 2.40. The first-order valence-electron chi connectivity index (χ1n) is 8.98. The second-order valence-corrected chi connectivity index (χ2v) is 7.25. The number of nitrogens with zero attached hydrogens (tertiary/aromatic N) is 2. The van der Waals surface area contributed by atoms with Crippen LogP contribution in [0.4, 0.5) is 11.4 Å². The maximum atomic E-state index is 6.34. The number of nitrogens with two attached hydrogens (primary N) is 1. The molecule has 1 aliphatic carbocycles. The zero-order valence-corrected chi connectivity index (χ0v) is 16.2. The molecule has 0 atom stereocenters. The lowest BCUT2D eigenvalue weighted by Gasteiger charge is -2.18. The van der Waals surface area contributed by atoms with Crippen LogP contribution in [-0.4, -0.2) is 28.2 Å². The van der Waals surface area contributed by atoms with E-state index >= 15 is 0 Å². The van der Waals surface area contributed by atoms with Crippen molar-refractivity contribution in [2.45, 2.75) is 0 Å². The largest absolute Gasteiger partial charge is 0.456 e. The van der Waals surface area contributed by atoms with Gasteiger partial charge < -0.3 is 15.1 Å². The third-order valence-corrected chi connectivity index (χ3v) is 4.92. The van der Waals surface area contributed by atoms with Gasteiger partial charge in [0.05, 0.1) is 6.07 Å². The normalized spacial score (nSPS) is 11.1. The standard InChI is InChI=1S/C23H23N3O/c1-25(2)17-9-11-19-21(13-17)27-22-14-18(26(3)4)10-12-20(22)23(19)15-5-7-16(24)8-6-15/h5-14,24H,1-4H3/p+1. The molecule has 4 heteroatoms. The summed E-state index contributed by atoms with van der Waals surface area (Å²) in [4.78, 5) is 2.08. The fourth-order valence-corrected chi connectivity index (χ4v) is 3.38. The molecular weight excluding hydrogens is 334 g/mol. The number of hydrogen-bond donors (Lipinski definition) is 1. The zero-order valence-electron chi connectivity index (χ0n) is 16.2. The summed E-state index contributed by atoms with van der Waals surface area (Å²) in [7, 11) is 8.14. The van der Waals surface area contributed by atoms with Crippen molar-refractivity contribution >= 4 is 22.3 Å². The molecule has 2 aliphatic rings. The Morgan fingerprint density at radius 1 is 0.889 bits per heavy atom. The molecule has 2 N–H and O–H groups in total. The van der Waals surface area contributed by atoms with E-state index in [-0.39, 0.29) is 0 Å². The van der Waals surface area contributed by atoms with Crippen LogP contribution in [-0.2, 0) is 0 Å². The Bertz CT molecular complexity index is 1170. The lowest BCUT2D eigenvalue weighted by molar-refractivity contribution is 0.617. The van der Waals surface area contributed by atoms with Crippen LogP contribution in [0.15, 0.2) is 65.1 Å². The molecule has 0 aromatic heterocycles. The minimum atomic E-state index is 0.762. The van der Waals surface area contributed by atoms with Crippen LogP contribution in [0.5, 0.6) is 0 Å². The van der Waals surface area contributed by atoms with Gasteiger partial charge in [0.1, 0.15) is 25.4 Å². The van der Waals surface area contributed by atoms with Crippen LogP contribution >= 0.6 is 0 Å². The molecule has 0 spiro atoms. The van der Waals surface area contributed by atoms with Gasteiger partial charge in [-0.1, -0.05) is 12.1 Å². The molecule has 4 rings (SSSR count). The lowest BCUT2D eigenvalue weighted by Crippen LogP contribution is -2.21. The van der Waals surface area contributed by atoms with Gasteiger partial charge in [-0.15, -0.1) is 0 Å². The molecule has 0 amide bonds. The minimum Gasteiger partial charge on any atom is -0.456 e. The number of rotatable bonds is 2. The molecule has 27 heavy (non-hydrogen) atoms. The first-order chi connectivity index (χ1) is 12.9. The quantitative estimate of drug-likeness (QED) is 0.336. The van der Waals surface area contributed by atoms with Crippen LogP contribution in [0.2, 0.25) is 0 Å². The molecule has 2 aromatic carbocycles. The summed E-state index contributed by atoms with van der Waals surface area (Å²) in [6.07, 6.45) is 0. The molecule has 0 unspecified atom stereocenters. The van der Waals surface area contributed by atoms with E-state index in [1.54, 1.807) is 0 Å². The van der Waals surface area contributed by atoms with Crippen molar-refractivity contribution in [2.24, 2.45) is 0 Å². The summed E-state index contributed by atoms with van der Waals surface area (Å²) in [6.45, 7) is 0. The predicted molar refractivity (Wildman–Crippen MR) is 114 cm³/mol. The molecule has 1 aliphatic heterocycles. The monoisotopic (exact) mass is 358 g/mol. The Balaban J connectivity index is 2.13. The smallest absolute Gasteiger partial charge is 0.203 e. The van der Waals surface area contributed by atoms with E-state index in [0.717, 1.165) is 44.6 Å². The second kappa shape index (κ2) is 6.47. The van der Waals surface area contributed by atoms with E-state index in [1.807, 2.05) is 40.3 Å². The number of fused-ring (bicyclic) bond motifs is 2. The highest BCUT2D eigenvalue weighted by molar-refractivity contribution is 6.02. The van der Waals surface area contributed by atoms with Gasteiger partial charge in [-0.2, -0.15) is 0 Å². The van der Waals surface area contributed by atoms with Gasteiger partial charge in [0.15, 0.2) is 0 Å². The van der Waals surface area contributed by atoms with Crippen molar-refractivity contribution in [2.75, 3.05) is 38.8 Å². The Labute approximate surface area is 159 Å². The number of anilines is 2. The maximum absolute atomic E-state index is 6.34. The average molecular weight is 358 g/mol. The first-order valence-corrected chi connectivity index (χ1v) is 8.98. The lowest BCUT2D eigenvalue weighted by atomic mass is 9.93. The number of benzene rings is 3. The molecule has 136 valence electrons. The Morgan fingerprint density at radius 2 is 1.63 bits per heavy atom. The number of hydrogen-bond acceptors (Lipinski definition) is 3. The summed E-state index contributed by atoms with van der Waals surface area (Å²) in [5.41, 5.74) is 12.0. The number of nitrogen functional groups attached to an aromatic ring is 1. The summed E-state index contributed by atoms with van der Waals surface area (Å²) >= 11 is 0. The topological polar surface area (TPSA) is 45.4 Å². The summed E-state index contributed by atoms with van der Waals surface area (Å²) in [6, 6.07) is 20.7. The van der Waals surface area contributed by atoms with Gasteiger partial charge in [-0.05, 0) is 35.9 Å². The Hall–Kier alpha value is -3.27. The molecule has 2 aromatic rings.